The van der Waals surface area contributed by atoms with Crippen LogP contribution in [-0.4, -0.2) is 34.0 Å². The number of rotatable bonds is 4. The largest absolute Gasteiger partial charge is 0.478 e. The van der Waals surface area contributed by atoms with E-state index in [1.807, 2.05) is 17.5 Å². The second kappa shape index (κ2) is 6.16. The van der Waals surface area contributed by atoms with E-state index in [4.69, 9.17) is 5.11 Å². The lowest BCUT2D eigenvalue weighted by atomic mass is 10.2. The summed E-state index contributed by atoms with van der Waals surface area (Å²) >= 11 is 1.57. The number of carbonyl (C=O) groups excluding carboxylic acids is 1. The number of carboxylic acids is 1. The topological polar surface area (TPSA) is 82.5 Å². The molecule has 2 rings (SSSR count). The molecule has 2 aromatic rings. The van der Waals surface area contributed by atoms with Gasteiger partial charge in [0, 0.05) is 18.1 Å². The number of carbonyl (C=O) groups is 2. The number of anilines is 1. The van der Waals surface area contributed by atoms with Crippen LogP contribution in [0.5, 0.6) is 0 Å². The number of carboxylic acid groups (broad SMARTS) is 1. The molecular formula is C13H13N3O3S. The van der Waals surface area contributed by atoms with Crippen molar-refractivity contribution in [2.24, 2.45) is 0 Å². The summed E-state index contributed by atoms with van der Waals surface area (Å²) in [6.45, 7) is 0.496. The molecule has 0 saturated heterocycles. The molecule has 0 unspecified atom stereocenters. The summed E-state index contributed by atoms with van der Waals surface area (Å²) < 4.78 is 0. The minimum Gasteiger partial charge on any atom is -0.478 e. The van der Waals surface area contributed by atoms with Gasteiger partial charge in [-0.25, -0.2) is 9.59 Å². The Morgan fingerprint density at radius 1 is 1.45 bits per heavy atom. The Balaban J connectivity index is 2.00. The molecule has 0 radical (unpaired) electrons. The molecule has 2 amide bonds. The highest BCUT2D eigenvalue weighted by molar-refractivity contribution is 7.09. The Bertz CT molecular complexity index is 613. The first kappa shape index (κ1) is 14.0. The molecule has 0 fully saturated rings. The smallest absolute Gasteiger partial charge is 0.337 e. The van der Waals surface area contributed by atoms with Crippen molar-refractivity contribution < 1.29 is 14.7 Å². The zero-order valence-electron chi connectivity index (χ0n) is 10.7. The number of hydrogen-bond donors (Lipinski definition) is 2. The summed E-state index contributed by atoms with van der Waals surface area (Å²) in [6.07, 6.45) is 2.64. The zero-order valence-corrected chi connectivity index (χ0v) is 11.6. The van der Waals surface area contributed by atoms with Gasteiger partial charge in [-0.15, -0.1) is 11.3 Å². The third-order valence-electron chi connectivity index (χ3n) is 2.56. The maximum Gasteiger partial charge on any atom is 0.337 e. The summed E-state index contributed by atoms with van der Waals surface area (Å²) in [7, 11) is 1.67. The quantitative estimate of drug-likeness (QED) is 0.906. The fraction of sp³-hybridized carbons (Fsp3) is 0.154. The highest BCUT2D eigenvalue weighted by Gasteiger charge is 2.11. The first-order valence-electron chi connectivity index (χ1n) is 5.79. The van der Waals surface area contributed by atoms with Gasteiger partial charge in [-0.3, -0.25) is 4.98 Å². The van der Waals surface area contributed by atoms with E-state index in [0.717, 1.165) is 4.88 Å². The fourth-order valence-electron chi connectivity index (χ4n) is 1.55. The van der Waals surface area contributed by atoms with E-state index >= 15 is 0 Å². The highest BCUT2D eigenvalue weighted by Crippen LogP contribution is 2.13. The van der Waals surface area contributed by atoms with Crippen LogP contribution in [0.15, 0.2) is 36.0 Å². The Morgan fingerprint density at radius 3 is 2.90 bits per heavy atom. The lowest BCUT2D eigenvalue weighted by molar-refractivity contribution is 0.0696. The molecule has 0 aliphatic rings. The summed E-state index contributed by atoms with van der Waals surface area (Å²) in [6, 6.07) is 4.92. The van der Waals surface area contributed by atoms with Gasteiger partial charge in [0.2, 0.25) is 0 Å². The zero-order chi connectivity index (χ0) is 14.5. The number of hydrogen-bond acceptors (Lipinski definition) is 4. The van der Waals surface area contributed by atoms with Crippen LogP contribution in [0.1, 0.15) is 15.2 Å². The molecule has 0 aliphatic carbocycles. The summed E-state index contributed by atoms with van der Waals surface area (Å²) in [5.41, 5.74) is 0.386. The minimum atomic E-state index is -1.08. The minimum absolute atomic E-state index is 0.0312. The fourth-order valence-corrected chi connectivity index (χ4v) is 2.31. The van der Waals surface area contributed by atoms with Gasteiger partial charge >= 0.3 is 12.0 Å². The summed E-state index contributed by atoms with van der Waals surface area (Å²) in [5, 5.41) is 13.4. The maximum absolute atomic E-state index is 12.0. The Kier molecular flexibility index (Phi) is 4.31. The molecule has 20 heavy (non-hydrogen) atoms. The average Bonchev–Trinajstić information content (AvgIpc) is 2.91. The van der Waals surface area contributed by atoms with Crippen LogP contribution in [0, 0.1) is 0 Å². The average molecular weight is 291 g/mol. The maximum atomic E-state index is 12.0. The first-order valence-corrected chi connectivity index (χ1v) is 6.67. The highest BCUT2D eigenvalue weighted by atomic mass is 32.1. The first-order chi connectivity index (χ1) is 9.56. The third-order valence-corrected chi connectivity index (χ3v) is 3.42. The standard InChI is InChI=1S/C13H13N3O3S/c1-16(8-11-3-2-4-20-11)13(19)15-10-5-9(12(17)18)6-14-7-10/h2-7H,8H2,1H3,(H,15,19)(H,17,18). The molecule has 2 N–H and O–H groups in total. The van der Waals surface area contributed by atoms with Crippen LogP contribution >= 0.6 is 11.3 Å². The molecule has 0 aromatic carbocycles. The second-order valence-electron chi connectivity index (χ2n) is 4.13. The van der Waals surface area contributed by atoms with Gasteiger partial charge in [0.25, 0.3) is 0 Å². The van der Waals surface area contributed by atoms with Crippen LogP contribution < -0.4 is 5.32 Å². The van der Waals surface area contributed by atoms with Crippen molar-refractivity contribution in [2.45, 2.75) is 6.54 Å². The predicted octanol–water partition coefficient (Wildman–Crippen LogP) is 2.51. The van der Waals surface area contributed by atoms with Gasteiger partial charge in [0.05, 0.1) is 24.0 Å². The molecule has 104 valence electrons. The number of thiophene rings is 1. The van der Waals surface area contributed by atoms with Gasteiger partial charge in [0.1, 0.15) is 0 Å². The molecule has 2 heterocycles. The normalized spacial score (nSPS) is 10.1. The number of aromatic carboxylic acids is 1. The Morgan fingerprint density at radius 2 is 2.25 bits per heavy atom. The lowest BCUT2D eigenvalue weighted by Crippen LogP contribution is -2.30. The van der Waals surface area contributed by atoms with Crippen molar-refractivity contribution in [3.8, 4) is 0 Å². The number of amides is 2. The predicted molar refractivity (Wildman–Crippen MR) is 76.0 cm³/mol. The van der Waals surface area contributed by atoms with E-state index < -0.39 is 5.97 Å². The van der Waals surface area contributed by atoms with E-state index in [0.29, 0.717) is 12.2 Å². The Labute approximate surface area is 119 Å². The molecule has 0 bridgehead atoms. The van der Waals surface area contributed by atoms with Crippen LogP contribution in [0.2, 0.25) is 0 Å². The molecule has 2 aromatic heterocycles. The monoisotopic (exact) mass is 291 g/mol. The molecule has 0 saturated carbocycles. The molecular weight excluding hydrogens is 278 g/mol. The van der Waals surface area contributed by atoms with Crippen LogP contribution in [0.4, 0.5) is 10.5 Å². The second-order valence-corrected chi connectivity index (χ2v) is 5.17. The van der Waals surface area contributed by atoms with Gasteiger partial charge in [-0.2, -0.15) is 0 Å². The molecule has 6 nitrogen and oxygen atoms in total. The van der Waals surface area contributed by atoms with Crippen molar-refractivity contribution in [1.29, 1.82) is 0 Å². The van der Waals surface area contributed by atoms with Gasteiger partial charge in [0.15, 0.2) is 0 Å². The number of aromatic nitrogens is 1. The number of nitrogens with one attached hydrogen (secondary N) is 1. The number of urea groups is 1. The number of pyridine rings is 1. The third kappa shape index (κ3) is 3.55. The van der Waals surface area contributed by atoms with E-state index in [-0.39, 0.29) is 11.6 Å². The lowest BCUT2D eigenvalue weighted by Gasteiger charge is -2.17. The molecule has 0 aliphatic heterocycles. The molecule has 7 heteroatoms. The van der Waals surface area contributed by atoms with Crippen molar-refractivity contribution >= 4 is 29.0 Å². The summed E-state index contributed by atoms with van der Waals surface area (Å²) in [5.74, 6) is -1.08. The number of nitrogens with zero attached hydrogens (tertiary/aromatic N) is 2. The van der Waals surface area contributed by atoms with Crippen molar-refractivity contribution in [3.05, 3.63) is 46.4 Å². The van der Waals surface area contributed by atoms with Gasteiger partial charge < -0.3 is 15.3 Å². The van der Waals surface area contributed by atoms with E-state index in [2.05, 4.69) is 10.3 Å². The molecule has 0 spiro atoms. The SMILES string of the molecule is CN(Cc1cccs1)C(=O)Nc1cncc(C(=O)O)c1. The van der Waals surface area contributed by atoms with Gasteiger partial charge in [-0.1, -0.05) is 6.07 Å². The van der Waals surface area contributed by atoms with E-state index in [9.17, 15) is 9.59 Å². The van der Waals surface area contributed by atoms with E-state index in [1.165, 1.54) is 23.4 Å². The van der Waals surface area contributed by atoms with Crippen molar-refractivity contribution in [2.75, 3.05) is 12.4 Å². The van der Waals surface area contributed by atoms with E-state index in [1.54, 1.807) is 18.4 Å². The van der Waals surface area contributed by atoms with Gasteiger partial charge in [-0.05, 0) is 17.5 Å². The van der Waals surface area contributed by atoms with Crippen LogP contribution in [0.25, 0.3) is 0 Å². The van der Waals surface area contributed by atoms with Crippen LogP contribution in [0.3, 0.4) is 0 Å². The van der Waals surface area contributed by atoms with Crippen molar-refractivity contribution in [3.63, 3.8) is 0 Å². The van der Waals surface area contributed by atoms with Crippen LogP contribution in [-0.2, 0) is 6.54 Å². The van der Waals surface area contributed by atoms with Crippen molar-refractivity contribution in [1.82, 2.24) is 9.88 Å². The summed E-state index contributed by atoms with van der Waals surface area (Å²) in [4.78, 5) is 29.2. The molecule has 0 atom stereocenters. The Hall–Kier alpha value is -2.41.